The summed E-state index contributed by atoms with van der Waals surface area (Å²) in [7, 11) is 1.89. The van der Waals surface area contributed by atoms with Crippen LogP contribution < -0.4 is 10.2 Å². The van der Waals surface area contributed by atoms with E-state index in [1.54, 1.807) is 0 Å². The molecule has 3 rings (SSSR count). The predicted molar refractivity (Wildman–Crippen MR) is 109 cm³/mol. The Bertz CT molecular complexity index is 793. The third kappa shape index (κ3) is 5.44. The van der Waals surface area contributed by atoms with E-state index >= 15 is 0 Å². The predicted octanol–water partition coefficient (Wildman–Crippen LogP) is 4.54. The first-order chi connectivity index (χ1) is 13.0. The van der Waals surface area contributed by atoms with Gasteiger partial charge in [0.15, 0.2) is 0 Å². The van der Waals surface area contributed by atoms with Gasteiger partial charge in [0.2, 0.25) is 5.91 Å². The number of benzene rings is 2. The van der Waals surface area contributed by atoms with Gasteiger partial charge in [-0.3, -0.25) is 9.69 Å². The monoisotopic (exact) mass is 389 g/mol. The number of anilines is 2. The minimum Gasteiger partial charge on any atom is -0.371 e. The van der Waals surface area contributed by atoms with Crippen LogP contribution in [0.15, 0.2) is 42.5 Å². The van der Waals surface area contributed by atoms with Crippen molar-refractivity contribution in [3.63, 3.8) is 0 Å². The molecule has 144 valence electrons. The largest absolute Gasteiger partial charge is 0.371 e. The average molecular weight is 390 g/mol. The van der Waals surface area contributed by atoms with Crippen LogP contribution in [-0.2, 0) is 11.3 Å². The molecular weight excluding hydrogens is 365 g/mol. The number of rotatable bonds is 6. The van der Waals surface area contributed by atoms with Crippen molar-refractivity contribution in [2.24, 2.45) is 0 Å². The van der Waals surface area contributed by atoms with Crippen molar-refractivity contribution in [2.45, 2.75) is 25.8 Å². The van der Waals surface area contributed by atoms with Crippen LogP contribution >= 0.6 is 11.6 Å². The van der Waals surface area contributed by atoms with Gasteiger partial charge in [-0.2, -0.15) is 0 Å². The molecule has 1 heterocycles. The third-order valence-corrected chi connectivity index (χ3v) is 4.98. The van der Waals surface area contributed by atoms with Gasteiger partial charge in [-0.05, 0) is 56.1 Å². The fraction of sp³-hybridized carbons (Fsp3) is 0.381. The zero-order valence-electron chi connectivity index (χ0n) is 15.5. The Kier molecular flexibility index (Phi) is 6.69. The number of halogens is 2. The number of hydrogen-bond donors (Lipinski definition) is 1. The van der Waals surface area contributed by atoms with Crippen LogP contribution in [0.4, 0.5) is 15.8 Å². The lowest BCUT2D eigenvalue weighted by atomic mass is 10.1. The molecule has 4 nitrogen and oxygen atoms in total. The van der Waals surface area contributed by atoms with Crippen molar-refractivity contribution in [1.82, 2.24) is 4.90 Å². The maximum absolute atomic E-state index is 13.8. The number of para-hydroxylation sites is 1. The summed E-state index contributed by atoms with van der Waals surface area (Å²) < 4.78 is 13.8. The fourth-order valence-electron chi connectivity index (χ4n) is 3.46. The second kappa shape index (κ2) is 9.20. The summed E-state index contributed by atoms with van der Waals surface area (Å²) >= 11 is 5.87. The summed E-state index contributed by atoms with van der Waals surface area (Å²) in [6.45, 7) is 2.98. The molecular formula is C21H25ClFN3O. The van der Waals surface area contributed by atoms with Crippen LogP contribution in [0.1, 0.15) is 24.8 Å². The van der Waals surface area contributed by atoms with E-state index in [0.717, 1.165) is 13.1 Å². The van der Waals surface area contributed by atoms with E-state index in [1.165, 1.54) is 48.7 Å². The Hall–Kier alpha value is -2.11. The van der Waals surface area contributed by atoms with Crippen molar-refractivity contribution in [3.8, 4) is 0 Å². The van der Waals surface area contributed by atoms with E-state index in [1.807, 2.05) is 18.0 Å². The molecule has 1 saturated heterocycles. The standard InChI is InChI=1S/C21H25ClFN3O/c1-25(15-21(27)24-19-13-17(22)9-10-18(19)23)14-16-7-3-4-8-20(16)26-11-5-2-6-12-26/h3-4,7-10,13H,2,5-6,11-12,14-15H2,1H3,(H,24,27). The molecule has 0 atom stereocenters. The lowest BCUT2D eigenvalue weighted by Gasteiger charge is -2.31. The Balaban J connectivity index is 1.61. The van der Waals surface area contributed by atoms with Crippen LogP contribution in [0.25, 0.3) is 0 Å². The van der Waals surface area contributed by atoms with E-state index in [9.17, 15) is 9.18 Å². The minimum atomic E-state index is -0.495. The van der Waals surface area contributed by atoms with Gasteiger partial charge in [0.25, 0.3) is 0 Å². The molecule has 1 amide bonds. The summed E-state index contributed by atoms with van der Waals surface area (Å²) in [5.74, 6) is -0.764. The SMILES string of the molecule is CN(CC(=O)Nc1cc(Cl)ccc1F)Cc1ccccc1N1CCCCC1. The molecule has 0 saturated carbocycles. The Morgan fingerprint density at radius 1 is 1.19 bits per heavy atom. The molecule has 0 unspecified atom stereocenters. The molecule has 6 heteroatoms. The number of likely N-dealkylation sites (N-methyl/N-ethyl adjacent to an activating group) is 1. The number of piperidine rings is 1. The maximum Gasteiger partial charge on any atom is 0.238 e. The van der Waals surface area contributed by atoms with Crippen molar-refractivity contribution < 1.29 is 9.18 Å². The second-order valence-electron chi connectivity index (χ2n) is 7.02. The van der Waals surface area contributed by atoms with Crippen molar-refractivity contribution in [1.29, 1.82) is 0 Å². The number of nitrogens with zero attached hydrogens (tertiary/aromatic N) is 2. The Morgan fingerprint density at radius 2 is 1.93 bits per heavy atom. The molecule has 0 bridgehead atoms. The number of carbonyl (C=O) groups is 1. The highest BCUT2D eigenvalue weighted by Gasteiger charge is 2.16. The molecule has 1 aliphatic heterocycles. The average Bonchev–Trinajstić information content (AvgIpc) is 2.65. The molecule has 27 heavy (non-hydrogen) atoms. The summed E-state index contributed by atoms with van der Waals surface area (Å²) in [5.41, 5.74) is 2.54. The summed E-state index contributed by atoms with van der Waals surface area (Å²) in [6, 6.07) is 12.5. The lowest BCUT2D eigenvalue weighted by molar-refractivity contribution is -0.117. The van der Waals surface area contributed by atoms with E-state index in [-0.39, 0.29) is 18.1 Å². The fourth-order valence-corrected chi connectivity index (χ4v) is 3.63. The first-order valence-electron chi connectivity index (χ1n) is 9.29. The lowest BCUT2D eigenvalue weighted by Crippen LogP contribution is -2.33. The molecule has 1 aliphatic rings. The summed E-state index contributed by atoms with van der Waals surface area (Å²) in [5, 5.41) is 2.98. The van der Waals surface area contributed by atoms with Gasteiger partial charge >= 0.3 is 0 Å². The summed E-state index contributed by atoms with van der Waals surface area (Å²) in [4.78, 5) is 16.6. The van der Waals surface area contributed by atoms with Crippen LogP contribution in [-0.4, -0.2) is 37.5 Å². The normalized spacial score (nSPS) is 14.4. The zero-order valence-corrected chi connectivity index (χ0v) is 16.3. The van der Waals surface area contributed by atoms with Crippen molar-refractivity contribution in [3.05, 3.63) is 58.9 Å². The van der Waals surface area contributed by atoms with Gasteiger partial charge in [0.05, 0.1) is 12.2 Å². The van der Waals surface area contributed by atoms with Gasteiger partial charge in [0, 0.05) is 30.3 Å². The Morgan fingerprint density at radius 3 is 2.70 bits per heavy atom. The van der Waals surface area contributed by atoms with E-state index in [2.05, 4.69) is 28.4 Å². The Labute approximate surface area is 164 Å². The minimum absolute atomic E-state index is 0.106. The molecule has 1 fully saturated rings. The molecule has 0 aliphatic carbocycles. The van der Waals surface area contributed by atoms with Crippen molar-refractivity contribution in [2.75, 3.05) is 36.9 Å². The molecule has 2 aromatic rings. The van der Waals surface area contributed by atoms with Gasteiger partial charge < -0.3 is 10.2 Å². The van der Waals surface area contributed by atoms with Crippen molar-refractivity contribution >= 4 is 28.9 Å². The second-order valence-corrected chi connectivity index (χ2v) is 7.46. The molecule has 2 aromatic carbocycles. The van der Waals surface area contributed by atoms with Crippen LogP contribution in [0.5, 0.6) is 0 Å². The highest BCUT2D eigenvalue weighted by Crippen LogP contribution is 2.25. The van der Waals surface area contributed by atoms with Crippen LogP contribution in [0.3, 0.4) is 0 Å². The number of nitrogens with one attached hydrogen (secondary N) is 1. The van der Waals surface area contributed by atoms with Gasteiger partial charge in [-0.1, -0.05) is 29.8 Å². The number of carbonyl (C=O) groups excluding carboxylic acids is 1. The molecule has 1 N–H and O–H groups in total. The summed E-state index contributed by atoms with van der Waals surface area (Å²) in [6.07, 6.45) is 3.73. The smallest absolute Gasteiger partial charge is 0.238 e. The third-order valence-electron chi connectivity index (χ3n) is 4.74. The molecule has 0 aromatic heterocycles. The number of amides is 1. The number of hydrogen-bond acceptors (Lipinski definition) is 3. The first kappa shape index (κ1) is 19.6. The first-order valence-corrected chi connectivity index (χ1v) is 9.67. The van der Waals surface area contributed by atoms with E-state index in [4.69, 9.17) is 11.6 Å². The zero-order chi connectivity index (χ0) is 19.2. The van der Waals surface area contributed by atoms with Crippen LogP contribution in [0.2, 0.25) is 5.02 Å². The quantitative estimate of drug-likeness (QED) is 0.787. The van der Waals surface area contributed by atoms with E-state index < -0.39 is 5.82 Å². The highest BCUT2D eigenvalue weighted by atomic mass is 35.5. The van der Waals surface area contributed by atoms with Gasteiger partial charge in [-0.25, -0.2) is 4.39 Å². The van der Waals surface area contributed by atoms with Gasteiger partial charge in [-0.15, -0.1) is 0 Å². The van der Waals surface area contributed by atoms with Crippen LogP contribution in [0, 0.1) is 5.82 Å². The highest BCUT2D eigenvalue weighted by molar-refractivity contribution is 6.30. The topological polar surface area (TPSA) is 35.6 Å². The van der Waals surface area contributed by atoms with E-state index in [0.29, 0.717) is 11.6 Å². The molecule has 0 spiro atoms. The maximum atomic E-state index is 13.8. The molecule has 0 radical (unpaired) electrons. The van der Waals surface area contributed by atoms with Gasteiger partial charge in [0.1, 0.15) is 5.82 Å².